The summed E-state index contributed by atoms with van der Waals surface area (Å²) in [6.45, 7) is 14.3. The average molecular weight is 341 g/mol. The molecule has 0 spiro atoms. The molecule has 1 atom stereocenters. The maximum absolute atomic E-state index is 6.58. The van der Waals surface area contributed by atoms with Crippen molar-refractivity contribution in [2.24, 2.45) is 0 Å². The molecule has 116 valence electrons. The van der Waals surface area contributed by atoms with Crippen LogP contribution in [0.5, 0.6) is 0 Å². The van der Waals surface area contributed by atoms with Gasteiger partial charge in [0, 0.05) is 25.6 Å². The summed E-state index contributed by atoms with van der Waals surface area (Å²) in [4.78, 5) is 0. The molecular weight excluding hydrogens is 307 g/mol. The molecule has 0 heterocycles. The average Bonchev–Trinajstić information content (AvgIpc) is 2.27. The Labute approximate surface area is 125 Å². The third-order valence-corrected chi connectivity index (χ3v) is 15.4. The lowest BCUT2D eigenvalue weighted by molar-refractivity contribution is 0.100. The topological polar surface area (TPSA) is 27.7 Å². The Balaban J connectivity index is 5.15. The first-order valence-electron chi connectivity index (χ1n) is 7.00. The summed E-state index contributed by atoms with van der Waals surface area (Å²) in [5.41, 5.74) is 0. The van der Waals surface area contributed by atoms with Crippen LogP contribution in [0.3, 0.4) is 0 Å². The van der Waals surface area contributed by atoms with E-state index in [9.17, 15) is 0 Å². The molecule has 0 saturated heterocycles. The molecular formula is C12H33O3PSi3. The Hall–Kier alpha value is 0.961. The van der Waals surface area contributed by atoms with Gasteiger partial charge in [-0.25, -0.2) is 0 Å². The van der Waals surface area contributed by atoms with Gasteiger partial charge >= 0.3 is 8.80 Å². The normalized spacial score (nSPS) is 14.2. The van der Waals surface area contributed by atoms with Crippen LogP contribution in [0.25, 0.3) is 0 Å². The van der Waals surface area contributed by atoms with Crippen LogP contribution in [0.4, 0.5) is 0 Å². The highest BCUT2D eigenvalue weighted by Crippen LogP contribution is 2.28. The van der Waals surface area contributed by atoms with E-state index < -0.39 is 25.0 Å². The monoisotopic (exact) mass is 340 g/mol. The molecule has 0 aromatic carbocycles. The predicted molar refractivity (Wildman–Crippen MR) is 95.3 cm³/mol. The van der Waals surface area contributed by atoms with Gasteiger partial charge < -0.3 is 13.3 Å². The zero-order valence-electron chi connectivity index (χ0n) is 14.0. The first kappa shape index (κ1) is 20.0. The standard InChI is InChI=1S/C12H33O3PSi3/c1-13-19(14-2,11-9-10-16)15-12(17(3,4)5)18(6,7)8/h12H,9-11,16H2,1-8H3. The molecule has 0 amide bonds. The molecule has 0 rings (SSSR count). The first-order chi connectivity index (χ1) is 8.52. The van der Waals surface area contributed by atoms with Gasteiger partial charge in [-0.15, -0.1) is 9.24 Å². The summed E-state index contributed by atoms with van der Waals surface area (Å²) >= 11 is 0. The summed E-state index contributed by atoms with van der Waals surface area (Å²) in [7, 11) is 0.965. The Bertz CT molecular complexity index is 246. The van der Waals surface area contributed by atoms with Crippen LogP contribution >= 0.6 is 9.24 Å². The Morgan fingerprint density at radius 3 is 1.58 bits per heavy atom. The maximum Gasteiger partial charge on any atom is 0.500 e. The fraction of sp³-hybridized carbons (Fsp3) is 1.00. The highest BCUT2D eigenvalue weighted by Gasteiger charge is 2.48. The first-order valence-corrected chi connectivity index (χ1v) is 16.9. The van der Waals surface area contributed by atoms with Crippen molar-refractivity contribution in [3.8, 4) is 0 Å². The van der Waals surface area contributed by atoms with Crippen LogP contribution in [0, 0.1) is 0 Å². The van der Waals surface area contributed by atoms with Gasteiger partial charge in [0.2, 0.25) is 0 Å². The van der Waals surface area contributed by atoms with Gasteiger partial charge in [-0.1, -0.05) is 39.3 Å². The number of hydrogen-bond donors (Lipinski definition) is 0. The van der Waals surface area contributed by atoms with Crippen molar-refractivity contribution in [3.63, 3.8) is 0 Å². The van der Waals surface area contributed by atoms with Crippen molar-refractivity contribution in [2.45, 2.75) is 57.1 Å². The SMILES string of the molecule is CO[Si](CCCP)(OC)OC([Si](C)(C)C)[Si](C)(C)C. The summed E-state index contributed by atoms with van der Waals surface area (Å²) in [5, 5.41) is 0.371. The minimum Gasteiger partial charge on any atom is -0.377 e. The molecule has 0 bridgehead atoms. The summed E-state index contributed by atoms with van der Waals surface area (Å²) in [5.74, 6) is 0. The fourth-order valence-corrected chi connectivity index (χ4v) is 19.4. The van der Waals surface area contributed by atoms with Crippen LogP contribution < -0.4 is 0 Å². The van der Waals surface area contributed by atoms with Gasteiger partial charge in [0.15, 0.2) is 0 Å². The lowest BCUT2D eigenvalue weighted by Gasteiger charge is -2.42. The molecule has 0 saturated carbocycles. The summed E-state index contributed by atoms with van der Waals surface area (Å²) in [6.07, 6.45) is 2.14. The van der Waals surface area contributed by atoms with Gasteiger partial charge in [0.25, 0.3) is 0 Å². The molecule has 3 nitrogen and oxygen atoms in total. The number of hydrogen-bond acceptors (Lipinski definition) is 3. The zero-order chi connectivity index (χ0) is 15.3. The van der Waals surface area contributed by atoms with Crippen molar-refractivity contribution < 1.29 is 13.3 Å². The molecule has 1 unspecified atom stereocenters. The largest absolute Gasteiger partial charge is 0.500 e. The van der Waals surface area contributed by atoms with Crippen LogP contribution in [-0.2, 0) is 13.3 Å². The molecule has 0 aromatic rings. The van der Waals surface area contributed by atoms with E-state index in [1.54, 1.807) is 14.2 Å². The molecule has 0 fully saturated rings. The zero-order valence-corrected chi connectivity index (χ0v) is 18.2. The second-order valence-corrected chi connectivity index (χ2v) is 21.8. The van der Waals surface area contributed by atoms with Crippen LogP contribution in [0.2, 0.25) is 45.3 Å². The van der Waals surface area contributed by atoms with Crippen molar-refractivity contribution in [2.75, 3.05) is 20.4 Å². The van der Waals surface area contributed by atoms with Crippen LogP contribution in [-0.4, -0.2) is 50.7 Å². The highest BCUT2D eigenvalue weighted by molar-refractivity contribution is 7.16. The molecule has 0 aliphatic rings. The van der Waals surface area contributed by atoms with E-state index in [0.29, 0.717) is 5.35 Å². The molecule has 0 N–H and O–H groups in total. The van der Waals surface area contributed by atoms with Gasteiger partial charge in [-0.2, -0.15) is 0 Å². The van der Waals surface area contributed by atoms with E-state index in [0.717, 1.165) is 18.6 Å². The Morgan fingerprint density at radius 1 is 0.895 bits per heavy atom. The third kappa shape index (κ3) is 6.50. The van der Waals surface area contributed by atoms with E-state index >= 15 is 0 Å². The van der Waals surface area contributed by atoms with Crippen molar-refractivity contribution in [1.82, 2.24) is 0 Å². The highest BCUT2D eigenvalue weighted by atomic mass is 31.0. The van der Waals surface area contributed by atoms with Crippen molar-refractivity contribution in [3.05, 3.63) is 0 Å². The van der Waals surface area contributed by atoms with Crippen molar-refractivity contribution >= 4 is 34.2 Å². The van der Waals surface area contributed by atoms with Crippen LogP contribution in [0.15, 0.2) is 0 Å². The van der Waals surface area contributed by atoms with E-state index in [1.807, 2.05) is 0 Å². The molecule has 0 aliphatic carbocycles. The van der Waals surface area contributed by atoms with E-state index in [4.69, 9.17) is 13.3 Å². The smallest absolute Gasteiger partial charge is 0.377 e. The second-order valence-electron chi connectivity index (χ2n) is 7.21. The molecule has 7 heteroatoms. The second kappa shape index (κ2) is 7.82. The summed E-state index contributed by atoms with van der Waals surface area (Å²) in [6, 6.07) is 0.912. The van der Waals surface area contributed by atoms with Crippen molar-refractivity contribution in [1.29, 1.82) is 0 Å². The molecule has 0 aliphatic heterocycles. The maximum atomic E-state index is 6.58. The minimum atomic E-state index is -2.49. The lowest BCUT2D eigenvalue weighted by Crippen LogP contribution is -2.61. The van der Waals surface area contributed by atoms with E-state index in [-0.39, 0.29) is 0 Å². The van der Waals surface area contributed by atoms with Gasteiger partial charge in [0.05, 0.1) is 16.1 Å². The lowest BCUT2D eigenvalue weighted by atomic mass is 10.6. The molecule has 0 radical (unpaired) electrons. The quantitative estimate of drug-likeness (QED) is 0.474. The van der Waals surface area contributed by atoms with Crippen LogP contribution in [0.1, 0.15) is 6.42 Å². The van der Waals surface area contributed by atoms with E-state index in [2.05, 4.69) is 48.5 Å². The van der Waals surface area contributed by atoms with E-state index in [1.165, 1.54) is 0 Å². The molecule has 19 heavy (non-hydrogen) atoms. The predicted octanol–water partition coefficient (Wildman–Crippen LogP) is 3.62. The Morgan fingerprint density at radius 2 is 1.32 bits per heavy atom. The minimum absolute atomic E-state index is 0.371. The third-order valence-electron chi connectivity index (χ3n) is 3.18. The Kier molecular flexibility index (Phi) is 8.22. The summed E-state index contributed by atoms with van der Waals surface area (Å²) < 4.78 is 18.1. The van der Waals surface area contributed by atoms with Gasteiger partial charge in [-0.05, 0) is 12.6 Å². The van der Waals surface area contributed by atoms with Gasteiger partial charge in [0.1, 0.15) is 0 Å². The van der Waals surface area contributed by atoms with Gasteiger partial charge in [-0.3, -0.25) is 0 Å². The molecule has 0 aromatic heterocycles. The fourth-order valence-electron chi connectivity index (χ4n) is 2.59. The number of rotatable bonds is 9.